The van der Waals surface area contributed by atoms with Gasteiger partial charge in [-0.3, -0.25) is 4.79 Å². The molecule has 1 heterocycles. The molecule has 0 saturated carbocycles. The summed E-state index contributed by atoms with van der Waals surface area (Å²) in [5.41, 5.74) is 8.52. The maximum absolute atomic E-state index is 12.0. The third kappa shape index (κ3) is 3.08. The quantitative estimate of drug-likeness (QED) is 0.822. The van der Waals surface area contributed by atoms with Crippen molar-refractivity contribution in [2.45, 2.75) is 13.8 Å². The third-order valence-corrected chi connectivity index (χ3v) is 2.91. The maximum Gasteiger partial charge on any atom is 0.259 e. The van der Waals surface area contributed by atoms with Crippen LogP contribution in [0.4, 0.5) is 5.69 Å². The van der Waals surface area contributed by atoms with Crippen LogP contribution in [0.15, 0.2) is 34.9 Å². The van der Waals surface area contributed by atoms with E-state index in [9.17, 15) is 4.79 Å². The summed E-state index contributed by atoms with van der Waals surface area (Å²) in [6.07, 6.45) is 1.50. The van der Waals surface area contributed by atoms with Gasteiger partial charge in [-0.25, -0.2) is 0 Å². The summed E-state index contributed by atoms with van der Waals surface area (Å²) in [5.74, 6) is 6.22. The first-order valence-electron chi connectivity index (χ1n) is 6.27. The first-order valence-corrected chi connectivity index (χ1v) is 6.27. The predicted octanol–water partition coefficient (Wildman–Crippen LogP) is 2.46. The number of nitrogens with two attached hydrogens (primary N) is 1. The molecule has 0 aliphatic rings. The highest BCUT2D eigenvalue weighted by Crippen LogP contribution is 2.17. The lowest BCUT2D eigenvalue weighted by Gasteiger charge is -2.06. The van der Waals surface area contributed by atoms with E-state index in [4.69, 9.17) is 10.2 Å². The van der Waals surface area contributed by atoms with E-state index in [0.717, 1.165) is 16.8 Å². The van der Waals surface area contributed by atoms with Crippen molar-refractivity contribution < 1.29 is 9.21 Å². The minimum atomic E-state index is -0.184. The number of hydrogen-bond acceptors (Lipinski definition) is 3. The molecule has 0 aliphatic carbocycles. The van der Waals surface area contributed by atoms with Crippen LogP contribution in [0.3, 0.4) is 0 Å². The van der Waals surface area contributed by atoms with Gasteiger partial charge in [-0.1, -0.05) is 11.8 Å². The average molecular weight is 268 g/mol. The van der Waals surface area contributed by atoms with Gasteiger partial charge in [0.15, 0.2) is 0 Å². The highest BCUT2D eigenvalue weighted by Gasteiger charge is 2.11. The van der Waals surface area contributed by atoms with E-state index >= 15 is 0 Å². The predicted molar refractivity (Wildman–Crippen MR) is 78.5 cm³/mol. The lowest BCUT2D eigenvalue weighted by molar-refractivity contribution is 0.102. The number of benzene rings is 1. The summed E-state index contributed by atoms with van der Waals surface area (Å²) in [5, 5.41) is 2.84. The number of nitrogens with one attached hydrogen (secondary N) is 1. The van der Waals surface area contributed by atoms with Gasteiger partial charge < -0.3 is 15.5 Å². The van der Waals surface area contributed by atoms with Gasteiger partial charge in [0.25, 0.3) is 5.91 Å². The molecule has 0 atom stereocenters. The van der Waals surface area contributed by atoms with Gasteiger partial charge in [0.05, 0.1) is 18.4 Å². The van der Waals surface area contributed by atoms with Crippen LogP contribution >= 0.6 is 0 Å². The van der Waals surface area contributed by atoms with Gasteiger partial charge in [0, 0.05) is 11.3 Å². The first-order chi connectivity index (χ1) is 9.61. The van der Waals surface area contributed by atoms with E-state index in [1.165, 1.54) is 6.26 Å². The molecular weight excluding hydrogens is 252 g/mol. The number of furan rings is 1. The van der Waals surface area contributed by atoms with E-state index in [-0.39, 0.29) is 5.91 Å². The van der Waals surface area contributed by atoms with Crippen LogP contribution in [0.1, 0.15) is 27.2 Å². The summed E-state index contributed by atoms with van der Waals surface area (Å²) < 4.78 is 5.12. The molecule has 0 aliphatic heterocycles. The van der Waals surface area contributed by atoms with Gasteiger partial charge >= 0.3 is 0 Å². The highest BCUT2D eigenvalue weighted by molar-refractivity contribution is 6.04. The number of anilines is 1. The van der Waals surface area contributed by atoms with E-state index in [2.05, 4.69) is 17.2 Å². The van der Waals surface area contributed by atoms with Crippen molar-refractivity contribution in [2.24, 2.45) is 5.73 Å². The summed E-state index contributed by atoms with van der Waals surface area (Å²) in [6, 6.07) is 7.23. The van der Waals surface area contributed by atoms with E-state index in [1.54, 1.807) is 13.0 Å². The lowest BCUT2D eigenvalue weighted by atomic mass is 10.1. The molecule has 102 valence electrons. The molecule has 0 unspecified atom stereocenters. The van der Waals surface area contributed by atoms with Crippen molar-refractivity contribution in [3.63, 3.8) is 0 Å². The SMILES string of the molecule is Cc1cc(NC(=O)c2ccoc2C)ccc1C#CCN. The summed E-state index contributed by atoms with van der Waals surface area (Å²) in [4.78, 5) is 12.0. The highest BCUT2D eigenvalue weighted by atomic mass is 16.3. The zero-order valence-corrected chi connectivity index (χ0v) is 11.5. The first kappa shape index (κ1) is 13.9. The van der Waals surface area contributed by atoms with Crippen molar-refractivity contribution in [2.75, 3.05) is 11.9 Å². The molecule has 1 aromatic carbocycles. The molecule has 0 fully saturated rings. The van der Waals surface area contributed by atoms with Crippen molar-refractivity contribution in [3.05, 3.63) is 53.0 Å². The Bertz CT molecular complexity index is 690. The van der Waals surface area contributed by atoms with Gasteiger partial charge in [-0.2, -0.15) is 0 Å². The number of hydrogen-bond donors (Lipinski definition) is 2. The normalized spacial score (nSPS) is 9.75. The van der Waals surface area contributed by atoms with Crippen LogP contribution in [0.5, 0.6) is 0 Å². The number of rotatable bonds is 2. The molecule has 0 saturated heterocycles. The molecule has 4 heteroatoms. The second-order valence-electron chi connectivity index (χ2n) is 4.38. The minimum Gasteiger partial charge on any atom is -0.469 e. The summed E-state index contributed by atoms with van der Waals surface area (Å²) in [7, 11) is 0. The molecule has 20 heavy (non-hydrogen) atoms. The molecule has 1 aromatic heterocycles. The number of amides is 1. The largest absolute Gasteiger partial charge is 0.469 e. The molecule has 1 amide bonds. The van der Waals surface area contributed by atoms with Gasteiger partial charge in [0.2, 0.25) is 0 Å². The fourth-order valence-electron chi connectivity index (χ4n) is 1.85. The molecule has 2 rings (SSSR count). The Morgan fingerprint density at radius 3 is 2.75 bits per heavy atom. The Morgan fingerprint density at radius 1 is 1.35 bits per heavy atom. The molecular formula is C16H16N2O2. The van der Waals surface area contributed by atoms with Gasteiger partial charge in [-0.15, -0.1) is 0 Å². The topological polar surface area (TPSA) is 68.3 Å². The van der Waals surface area contributed by atoms with E-state index in [0.29, 0.717) is 17.9 Å². The van der Waals surface area contributed by atoms with Crippen molar-refractivity contribution in [3.8, 4) is 11.8 Å². The second kappa shape index (κ2) is 6.09. The maximum atomic E-state index is 12.0. The Hall–Kier alpha value is -2.51. The number of carbonyl (C=O) groups excluding carboxylic acids is 1. The average Bonchev–Trinajstić information content (AvgIpc) is 2.84. The van der Waals surface area contributed by atoms with Crippen LogP contribution in [0.25, 0.3) is 0 Å². The van der Waals surface area contributed by atoms with Crippen LogP contribution in [0.2, 0.25) is 0 Å². The van der Waals surface area contributed by atoms with Crippen LogP contribution in [-0.4, -0.2) is 12.5 Å². The third-order valence-electron chi connectivity index (χ3n) is 2.91. The fourth-order valence-corrected chi connectivity index (χ4v) is 1.85. The van der Waals surface area contributed by atoms with Crippen LogP contribution < -0.4 is 11.1 Å². The van der Waals surface area contributed by atoms with Crippen molar-refractivity contribution in [1.82, 2.24) is 0 Å². The zero-order valence-electron chi connectivity index (χ0n) is 11.5. The Balaban J connectivity index is 2.17. The van der Waals surface area contributed by atoms with Crippen molar-refractivity contribution >= 4 is 11.6 Å². The summed E-state index contributed by atoms with van der Waals surface area (Å²) in [6.45, 7) is 4.03. The van der Waals surface area contributed by atoms with Gasteiger partial charge in [0.1, 0.15) is 5.76 Å². The van der Waals surface area contributed by atoms with E-state index < -0.39 is 0 Å². The number of aryl methyl sites for hydroxylation is 2. The minimum absolute atomic E-state index is 0.184. The number of carbonyl (C=O) groups is 1. The Morgan fingerprint density at radius 2 is 2.15 bits per heavy atom. The van der Waals surface area contributed by atoms with E-state index in [1.807, 2.05) is 25.1 Å². The van der Waals surface area contributed by atoms with Gasteiger partial charge in [-0.05, 0) is 43.7 Å². The monoisotopic (exact) mass is 268 g/mol. The molecule has 4 nitrogen and oxygen atoms in total. The Labute approximate surface area is 118 Å². The van der Waals surface area contributed by atoms with Crippen LogP contribution in [-0.2, 0) is 0 Å². The summed E-state index contributed by atoms with van der Waals surface area (Å²) >= 11 is 0. The van der Waals surface area contributed by atoms with Crippen LogP contribution in [0, 0.1) is 25.7 Å². The molecule has 2 aromatic rings. The standard InChI is InChI=1S/C16H16N2O2/c1-11-10-14(6-5-13(11)4-3-8-17)18-16(19)15-7-9-20-12(15)2/h5-7,9-10H,8,17H2,1-2H3,(H,18,19). The molecule has 0 spiro atoms. The fraction of sp³-hybridized carbons (Fsp3) is 0.188. The molecule has 0 radical (unpaired) electrons. The molecule has 3 N–H and O–H groups in total. The van der Waals surface area contributed by atoms with Crippen molar-refractivity contribution in [1.29, 1.82) is 0 Å². The Kier molecular flexibility index (Phi) is 4.24. The lowest BCUT2D eigenvalue weighted by Crippen LogP contribution is -2.12. The zero-order chi connectivity index (χ0) is 14.5. The smallest absolute Gasteiger partial charge is 0.259 e. The second-order valence-corrected chi connectivity index (χ2v) is 4.38. The molecule has 0 bridgehead atoms.